The Kier molecular flexibility index (Phi) is 4.74. The van der Waals surface area contributed by atoms with Crippen molar-refractivity contribution in [2.24, 2.45) is 5.92 Å². The molecule has 0 N–H and O–H groups in total. The van der Waals surface area contributed by atoms with Gasteiger partial charge in [0.05, 0.1) is 7.11 Å². The Morgan fingerprint density at radius 1 is 1.42 bits per heavy atom. The molecule has 1 rings (SSSR count). The molecule has 0 saturated carbocycles. The number of methoxy groups -OCH3 is 1. The first-order chi connectivity index (χ1) is 8.58. The van der Waals surface area contributed by atoms with Crippen LogP contribution >= 0.6 is 0 Å². The molecule has 2 atom stereocenters. The molecule has 0 bridgehead atoms. The standard InChI is InChI=1S/C14H24O4Si/c1-14(2,3)19(5,6)18-12(13(16)17-4)10-7-8-11(15)9-10/h7-8,10,12H,9H2,1-6H3/t10?,12-/m1/s1. The first kappa shape index (κ1) is 16.1. The number of allylic oxidation sites excluding steroid dienone is 1. The van der Waals surface area contributed by atoms with Crippen LogP contribution in [0.1, 0.15) is 27.2 Å². The predicted molar refractivity (Wildman–Crippen MR) is 76.3 cm³/mol. The summed E-state index contributed by atoms with van der Waals surface area (Å²) in [5, 5.41) is 0.00555. The van der Waals surface area contributed by atoms with Crippen LogP contribution in [-0.4, -0.2) is 33.3 Å². The molecule has 4 nitrogen and oxygen atoms in total. The highest BCUT2D eigenvalue weighted by molar-refractivity contribution is 6.74. The molecule has 0 amide bonds. The second-order valence-electron chi connectivity index (χ2n) is 6.52. The van der Waals surface area contributed by atoms with Gasteiger partial charge in [-0.15, -0.1) is 0 Å². The molecule has 1 unspecified atom stereocenters. The van der Waals surface area contributed by atoms with Crippen molar-refractivity contribution < 1.29 is 18.8 Å². The lowest BCUT2D eigenvalue weighted by Crippen LogP contribution is -2.48. The Balaban J connectivity index is 2.91. The van der Waals surface area contributed by atoms with Crippen molar-refractivity contribution >= 4 is 20.1 Å². The van der Waals surface area contributed by atoms with Gasteiger partial charge in [0.15, 0.2) is 14.1 Å². The molecule has 0 aliphatic heterocycles. The Bertz CT molecular complexity index is 393. The highest BCUT2D eigenvalue weighted by Crippen LogP contribution is 2.39. The number of carbonyl (C=O) groups is 2. The topological polar surface area (TPSA) is 52.6 Å². The van der Waals surface area contributed by atoms with E-state index in [9.17, 15) is 9.59 Å². The number of esters is 1. The summed E-state index contributed by atoms with van der Waals surface area (Å²) in [5.74, 6) is -0.555. The molecule has 0 aromatic rings. The maximum Gasteiger partial charge on any atom is 0.334 e. The van der Waals surface area contributed by atoms with Gasteiger partial charge in [-0.1, -0.05) is 26.8 Å². The summed E-state index contributed by atoms with van der Waals surface area (Å²) in [6.07, 6.45) is 2.94. The van der Waals surface area contributed by atoms with Crippen LogP contribution in [-0.2, 0) is 18.8 Å². The number of ether oxygens (including phenoxy) is 1. The number of carbonyl (C=O) groups excluding carboxylic acids is 2. The van der Waals surface area contributed by atoms with Crippen LogP contribution < -0.4 is 0 Å². The van der Waals surface area contributed by atoms with E-state index < -0.39 is 20.4 Å². The van der Waals surface area contributed by atoms with Crippen molar-refractivity contribution in [2.75, 3.05) is 7.11 Å². The van der Waals surface area contributed by atoms with E-state index in [0.717, 1.165) is 0 Å². The number of hydrogen-bond acceptors (Lipinski definition) is 4. The largest absolute Gasteiger partial charge is 0.467 e. The fraction of sp³-hybridized carbons (Fsp3) is 0.714. The van der Waals surface area contributed by atoms with E-state index in [1.165, 1.54) is 13.2 Å². The van der Waals surface area contributed by atoms with Crippen molar-refractivity contribution in [1.29, 1.82) is 0 Å². The molecule has 0 heterocycles. The molecule has 0 spiro atoms. The van der Waals surface area contributed by atoms with E-state index in [-0.39, 0.29) is 16.7 Å². The molecule has 0 fully saturated rings. The highest BCUT2D eigenvalue weighted by atomic mass is 28.4. The van der Waals surface area contributed by atoms with Gasteiger partial charge in [-0.2, -0.15) is 0 Å². The number of rotatable bonds is 4. The van der Waals surface area contributed by atoms with Crippen molar-refractivity contribution in [3.8, 4) is 0 Å². The first-order valence-corrected chi connectivity index (χ1v) is 9.46. The van der Waals surface area contributed by atoms with E-state index in [0.29, 0.717) is 6.42 Å². The lowest BCUT2D eigenvalue weighted by Gasteiger charge is -2.39. The second kappa shape index (κ2) is 5.59. The van der Waals surface area contributed by atoms with Gasteiger partial charge >= 0.3 is 5.97 Å². The Morgan fingerprint density at radius 2 is 2.00 bits per heavy atom. The van der Waals surface area contributed by atoms with E-state index in [1.54, 1.807) is 6.08 Å². The third kappa shape index (κ3) is 3.76. The molecule has 1 aliphatic rings. The van der Waals surface area contributed by atoms with Crippen LogP contribution in [0.2, 0.25) is 18.1 Å². The van der Waals surface area contributed by atoms with Crippen molar-refractivity contribution in [3.05, 3.63) is 12.2 Å². The Labute approximate surface area is 116 Å². The molecular weight excluding hydrogens is 260 g/mol. The fourth-order valence-electron chi connectivity index (χ4n) is 1.73. The normalized spacial score (nSPS) is 21.6. The summed E-state index contributed by atoms with van der Waals surface area (Å²) in [6, 6.07) is 0. The molecule has 5 heteroatoms. The van der Waals surface area contributed by atoms with Gasteiger partial charge in [-0.05, 0) is 24.2 Å². The monoisotopic (exact) mass is 284 g/mol. The van der Waals surface area contributed by atoms with Gasteiger partial charge in [0.25, 0.3) is 0 Å². The third-order valence-corrected chi connectivity index (χ3v) is 8.47. The van der Waals surface area contributed by atoms with Crippen LogP contribution in [0.3, 0.4) is 0 Å². The zero-order valence-electron chi connectivity index (χ0n) is 12.6. The van der Waals surface area contributed by atoms with Gasteiger partial charge in [0.2, 0.25) is 0 Å². The Morgan fingerprint density at radius 3 is 2.37 bits per heavy atom. The maximum absolute atomic E-state index is 11.9. The smallest absolute Gasteiger partial charge is 0.334 e. The van der Waals surface area contributed by atoms with Crippen LogP contribution in [0, 0.1) is 5.92 Å². The van der Waals surface area contributed by atoms with Crippen molar-refractivity contribution in [3.63, 3.8) is 0 Å². The summed E-state index contributed by atoms with van der Waals surface area (Å²) in [6.45, 7) is 10.5. The molecule has 108 valence electrons. The van der Waals surface area contributed by atoms with Gasteiger partial charge < -0.3 is 9.16 Å². The van der Waals surface area contributed by atoms with Gasteiger partial charge in [0.1, 0.15) is 6.10 Å². The van der Waals surface area contributed by atoms with Gasteiger partial charge in [-0.25, -0.2) is 4.79 Å². The summed E-state index contributed by atoms with van der Waals surface area (Å²) >= 11 is 0. The third-order valence-electron chi connectivity index (χ3n) is 4.02. The minimum Gasteiger partial charge on any atom is -0.467 e. The zero-order valence-corrected chi connectivity index (χ0v) is 13.6. The molecule has 0 saturated heterocycles. The van der Waals surface area contributed by atoms with E-state index in [1.807, 2.05) is 0 Å². The van der Waals surface area contributed by atoms with Gasteiger partial charge in [0, 0.05) is 12.3 Å². The quantitative estimate of drug-likeness (QED) is 0.588. The van der Waals surface area contributed by atoms with Gasteiger partial charge in [-0.3, -0.25) is 4.79 Å². The summed E-state index contributed by atoms with van der Waals surface area (Å²) in [7, 11) is -0.731. The molecule has 0 aromatic carbocycles. The zero-order chi connectivity index (χ0) is 14.8. The minimum absolute atomic E-state index is 0.00555. The van der Waals surface area contributed by atoms with Crippen molar-refractivity contribution in [2.45, 2.75) is 51.4 Å². The van der Waals surface area contributed by atoms with Crippen LogP contribution in [0.4, 0.5) is 0 Å². The fourth-order valence-corrected chi connectivity index (χ4v) is 2.99. The molecule has 0 aromatic heterocycles. The minimum atomic E-state index is -2.08. The number of ketones is 1. The summed E-state index contributed by atoms with van der Waals surface area (Å²) in [4.78, 5) is 23.3. The van der Waals surface area contributed by atoms with E-state index in [2.05, 4.69) is 33.9 Å². The van der Waals surface area contributed by atoms with Crippen LogP contribution in [0.25, 0.3) is 0 Å². The molecule has 19 heavy (non-hydrogen) atoms. The molecule has 1 aliphatic carbocycles. The maximum atomic E-state index is 11.9. The SMILES string of the molecule is COC(=O)[C@H](O[Si](C)(C)C(C)(C)C)C1C=CC(=O)C1. The molecule has 0 radical (unpaired) electrons. The Hall–Kier alpha value is -0.943. The lowest BCUT2D eigenvalue weighted by molar-refractivity contribution is -0.151. The second-order valence-corrected chi connectivity index (χ2v) is 11.3. The lowest BCUT2D eigenvalue weighted by atomic mass is 10.0. The van der Waals surface area contributed by atoms with Crippen LogP contribution in [0.5, 0.6) is 0 Å². The molecular formula is C14H24O4Si. The average molecular weight is 284 g/mol. The summed E-state index contributed by atoms with van der Waals surface area (Å²) < 4.78 is 11.0. The van der Waals surface area contributed by atoms with E-state index in [4.69, 9.17) is 9.16 Å². The van der Waals surface area contributed by atoms with Crippen molar-refractivity contribution in [1.82, 2.24) is 0 Å². The van der Waals surface area contributed by atoms with E-state index >= 15 is 0 Å². The predicted octanol–water partition coefficient (Wildman–Crippen LogP) is 2.70. The van der Waals surface area contributed by atoms with Crippen LogP contribution in [0.15, 0.2) is 12.2 Å². The average Bonchev–Trinajstić information content (AvgIpc) is 2.70. The summed E-state index contributed by atoms with van der Waals surface area (Å²) in [5.41, 5.74) is 0. The number of hydrogen-bond donors (Lipinski definition) is 0. The first-order valence-electron chi connectivity index (χ1n) is 6.55. The highest BCUT2D eigenvalue weighted by Gasteiger charge is 2.43.